The lowest BCUT2D eigenvalue weighted by molar-refractivity contribution is 0.0656. The molecule has 2 aromatic rings. The van der Waals surface area contributed by atoms with E-state index in [2.05, 4.69) is 0 Å². The van der Waals surface area contributed by atoms with Crippen molar-refractivity contribution >= 4 is 15.8 Å². The Kier molecular flexibility index (Phi) is 2.90. The molecule has 1 aliphatic carbocycles. The second kappa shape index (κ2) is 4.49. The van der Waals surface area contributed by atoms with Crippen LogP contribution in [-0.4, -0.2) is 25.2 Å². The van der Waals surface area contributed by atoms with Crippen molar-refractivity contribution in [2.75, 3.05) is 5.75 Å². The van der Waals surface area contributed by atoms with Crippen molar-refractivity contribution in [3.8, 4) is 0 Å². The van der Waals surface area contributed by atoms with Crippen LogP contribution in [0.1, 0.15) is 27.6 Å². The fourth-order valence-corrected chi connectivity index (χ4v) is 3.94. The van der Waals surface area contributed by atoms with E-state index in [1.54, 1.807) is 0 Å². The first-order valence-corrected chi connectivity index (χ1v) is 7.76. The highest BCUT2D eigenvalue weighted by atomic mass is 32.2. The lowest BCUT2D eigenvalue weighted by atomic mass is 9.79. The van der Waals surface area contributed by atoms with Crippen LogP contribution in [0.25, 0.3) is 0 Å². The molecular weight excluding hydrogens is 280 g/mol. The minimum absolute atomic E-state index is 0.0467. The molecule has 0 spiro atoms. The van der Waals surface area contributed by atoms with Crippen LogP contribution in [0, 0.1) is 0 Å². The van der Waals surface area contributed by atoms with E-state index < -0.39 is 15.8 Å². The summed E-state index contributed by atoms with van der Waals surface area (Å²) in [6.45, 7) is 0. The Morgan fingerprint density at radius 2 is 2.00 bits per heavy atom. The van der Waals surface area contributed by atoms with Gasteiger partial charge in [0.05, 0.1) is 5.75 Å². The number of fused-ring (bicyclic) bond motifs is 1. The van der Waals surface area contributed by atoms with E-state index in [0.29, 0.717) is 0 Å². The highest BCUT2D eigenvalue weighted by Gasteiger charge is 2.32. The molecule has 0 aliphatic heterocycles. The first-order valence-electron chi connectivity index (χ1n) is 6.11. The Morgan fingerprint density at radius 1 is 1.25 bits per heavy atom. The fraction of sp³-hybridized carbons (Fsp3) is 0.214. The zero-order chi connectivity index (χ0) is 14.3. The number of benzene rings is 1. The Balaban J connectivity index is 1.82. The summed E-state index contributed by atoms with van der Waals surface area (Å²) in [7, 11) is -3.61. The predicted molar refractivity (Wildman–Crippen MR) is 70.6 cm³/mol. The second-order valence-electron chi connectivity index (χ2n) is 4.81. The zero-order valence-electron chi connectivity index (χ0n) is 10.4. The van der Waals surface area contributed by atoms with E-state index in [9.17, 15) is 13.2 Å². The van der Waals surface area contributed by atoms with Gasteiger partial charge in [-0.25, -0.2) is 13.2 Å². The monoisotopic (exact) mass is 292 g/mol. The number of carboxylic acids is 1. The topological polar surface area (TPSA) is 84.6 Å². The van der Waals surface area contributed by atoms with Crippen molar-refractivity contribution in [2.24, 2.45) is 0 Å². The molecule has 1 aliphatic rings. The third kappa shape index (κ3) is 2.12. The number of aromatic carboxylic acids is 1. The van der Waals surface area contributed by atoms with Crippen LogP contribution in [0.4, 0.5) is 0 Å². The van der Waals surface area contributed by atoms with Gasteiger partial charge in [-0.05, 0) is 29.7 Å². The summed E-state index contributed by atoms with van der Waals surface area (Å²) >= 11 is 0. The minimum atomic E-state index is -3.61. The zero-order valence-corrected chi connectivity index (χ0v) is 11.3. The van der Waals surface area contributed by atoms with Gasteiger partial charge in [0.15, 0.2) is 0 Å². The highest BCUT2D eigenvalue weighted by molar-refractivity contribution is 7.91. The Hall–Kier alpha value is -2.08. The first-order chi connectivity index (χ1) is 9.47. The largest absolute Gasteiger partial charge is 0.475 e. The van der Waals surface area contributed by atoms with Crippen molar-refractivity contribution < 1.29 is 22.7 Å². The lowest BCUT2D eigenvalue weighted by Crippen LogP contribution is -2.24. The fourth-order valence-electron chi connectivity index (χ4n) is 2.46. The van der Waals surface area contributed by atoms with Gasteiger partial charge in [-0.1, -0.05) is 24.3 Å². The summed E-state index contributed by atoms with van der Waals surface area (Å²) in [5.41, 5.74) is 2.21. The van der Waals surface area contributed by atoms with Gasteiger partial charge in [-0.15, -0.1) is 0 Å². The van der Waals surface area contributed by atoms with Crippen LogP contribution in [-0.2, 0) is 16.3 Å². The van der Waals surface area contributed by atoms with Gasteiger partial charge in [0.2, 0.25) is 20.7 Å². The van der Waals surface area contributed by atoms with E-state index in [1.807, 2.05) is 24.3 Å². The van der Waals surface area contributed by atoms with Crippen molar-refractivity contribution in [1.29, 1.82) is 0 Å². The molecule has 0 radical (unpaired) electrons. The molecule has 0 saturated heterocycles. The molecule has 3 rings (SSSR count). The molecule has 6 heteroatoms. The molecule has 1 aromatic carbocycles. The van der Waals surface area contributed by atoms with Crippen LogP contribution in [0.2, 0.25) is 0 Å². The SMILES string of the molecule is O=C(O)c1ccc(S(=O)(=O)CC2Cc3ccccc32)o1. The maximum Gasteiger partial charge on any atom is 0.371 e. The van der Waals surface area contributed by atoms with Gasteiger partial charge in [0, 0.05) is 5.92 Å². The second-order valence-corrected chi connectivity index (χ2v) is 6.77. The smallest absolute Gasteiger partial charge is 0.371 e. The predicted octanol–water partition coefficient (Wildman–Crippen LogP) is 2.09. The summed E-state index contributed by atoms with van der Waals surface area (Å²) < 4.78 is 29.3. The molecule has 5 nitrogen and oxygen atoms in total. The van der Waals surface area contributed by atoms with Crippen molar-refractivity contribution in [3.05, 3.63) is 53.3 Å². The van der Waals surface area contributed by atoms with Gasteiger partial charge < -0.3 is 9.52 Å². The van der Waals surface area contributed by atoms with Gasteiger partial charge in [0.1, 0.15) is 0 Å². The summed E-state index contributed by atoms with van der Waals surface area (Å²) in [6.07, 6.45) is 0.724. The average Bonchev–Trinajstić information content (AvgIpc) is 2.86. The number of rotatable bonds is 4. The molecule has 1 N–H and O–H groups in total. The number of furan rings is 1. The Labute approximate surface area is 115 Å². The number of hydrogen-bond donors (Lipinski definition) is 1. The molecule has 0 amide bonds. The maximum atomic E-state index is 12.2. The number of carboxylic acid groups (broad SMARTS) is 1. The van der Waals surface area contributed by atoms with E-state index in [1.165, 1.54) is 11.6 Å². The van der Waals surface area contributed by atoms with E-state index in [0.717, 1.165) is 18.1 Å². The summed E-state index contributed by atoms with van der Waals surface area (Å²) in [4.78, 5) is 10.7. The van der Waals surface area contributed by atoms with Crippen LogP contribution in [0.5, 0.6) is 0 Å². The molecule has 1 aromatic heterocycles. The number of carbonyl (C=O) groups is 1. The maximum absolute atomic E-state index is 12.2. The minimum Gasteiger partial charge on any atom is -0.475 e. The van der Waals surface area contributed by atoms with Crippen molar-refractivity contribution in [3.63, 3.8) is 0 Å². The third-order valence-corrected chi connectivity index (χ3v) is 5.15. The van der Waals surface area contributed by atoms with E-state index >= 15 is 0 Å². The molecule has 1 atom stereocenters. The Bertz CT molecular complexity index is 772. The molecule has 0 fully saturated rings. The van der Waals surface area contributed by atoms with Crippen molar-refractivity contribution in [2.45, 2.75) is 17.4 Å². The van der Waals surface area contributed by atoms with Crippen LogP contribution in [0.3, 0.4) is 0 Å². The number of sulfone groups is 1. The summed E-state index contributed by atoms with van der Waals surface area (Å²) in [5.74, 6) is -1.75. The van der Waals surface area contributed by atoms with Gasteiger partial charge >= 0.3 is 5.97 Å². The van der Waals surface area contributed by atoms with Gasteiger partial charge in [-0.3, -0.25) is 0 Å². The molecule has 1 heterocycles. The van der Waals surface area contributed by atoms with Crippen molar-refractivity contribution in [1.82, 2.24) is 0 Å². The quantitative estimate of drug-likeness (QED) is 0.932. The molecule has 0 bridgehead atoms. The summed E-state index contributed by atoms with van der Waals surface area (Å²) in [5, 5.41) is 8.47. The Morgan fingerprint density at radius 3 is 2.65 bits per heavy atom. The summed E-state index contributed by atoms with van der Waals surface area (Å²) in [6, 6.07) is 10.1. The number of hydrogen-bond acceptors (Lipinski definition) is 4. The highest BCUT2D eigenvalue weighted by Crippen LogP contribution is 2.36. The average molecular weight is 292 g/mol. The van der Waals surface area contributed by atoms with Gasteiger partial charge in [-0.2, -0.15) is 0 Å². The lowest BCUT2D eigenvalue weighted by Gasteiger charge is -2.29. The molecule has 0 saturated carbocycles. The molecule has 20 heavy (non-hydrogen) atoms. The third-order valence-electron chi connectivity index (χ3n) is 3.48. The van der Waals surface area contributed by atoms with Gasteiger partial charge in [0.25, 0.3) is 0 Å². The first kappa shape index (κ1) is 12.9. The standard InChI is InChI=1S/C14H12O5S/c15-14(16)12-5-6-13(19-12)20(17,18)8-10-7-9-3-1-2-4-11(9)10/h1-6,10H,7-8H2,(H,15,16). The normalized spacial score (nSPS) is 17.3. The van der Waals surface area contributed by atoms with Crippen LogP contribution < -0.4 is 0 Å². The molecular formula is C14H12O5S. The van der Waals surface area contributed by atoms with E-state index in [4.69, 9.17) is 9.52 Å². The molecule has 1 unspecified atom stereocenters. The molecule has 104 valence electrons. The van der Waals surface area contributed by atoms with E-state index in [-0.39, 0.29) is 22.5 Å². The van der Waals surface area contributed by atoms with Crippen LogP contribution >= 0.6 is 0 Å². The van der Waals surface area contributed by atoms with Crippen LogP contribution in [0.15, 0.2) is 45.9 Å².